The number of carbonyl (C=O) groups is 1. The molecule has 1 N–H and O–H groups in total. The van der Waals surface area contributed by atoms with Crippen molar-refractivity contribution in [2.75, 3.05) is 0 Å². The van der Waals surface area contributed by atoms with Gasteiger partial charge in [-0.1, -0.05) is 121 Å². The van der Waals surface area contributed by atoms with Gasteiger partial charge in [0.1, 0.15) is 0 Å². The van der Waals surface area contributed by atoms with Crippen molar-refractivity contribution in [2.45, 2.75) is 32.0 Å². The molecule has 3 nitrogen and oxygen atoms in total. The Hall–Kier alpha value is -3.82. The molecule has 3 heteroatoms. The smallest absolute Gasteiger partial charge is 0.156 e. The minimum atomic E-state index is -0.341. The predicted octanol–water partition coefficient (Wildman–Crippen LogP) is 6.33. The molecule has 34 heavy (non-hydrogen) atoms. The number of benzene rings is 4. The quantitative estimate of drug-likeness (QED) is 0.274. The van der Waals surface area contributed by atoms with Gasteiger partial charge in [0.2, 0.25) is 0 Å². The van der Waals surface area contributed by atoms with Crippen molar-refractivity contribution < 1.29 is 4.79 Å². The van der Waals surface area contributed by atoms with Crippen LogP contribution in [0.4, 0.5) is 0 Å². The Kier molecular flexibility index (Phi) is 8.15. The lowest BCUT2D eigenvalue weighted by Crippen LogP contribution is -2.42. The van der Waals surface area contributed by atoms with Gasteiger partial charge in [-0.3, -0.25) is 9.69 Å². The summed E-state index contributed by atoms with van der Waals surface area (Å²) >= 11 is 0. The first-order valence-electron chi connectivity index (χ1n) is 11.7. The number of hydrogen-bond donors (Lipinski definition) is 1. The molecule has 0 spiro atoms. The van der Waals surface area contributed by atoms with Gasteiger partial charge in [-0.05, 0) is 28.7 Å². The van der Waals surface area contributed by atoms with Crippen LogP contribution in [0.15, 0.2) is 121 Å². The fraction of sp³-hybridized carbons (Fsp3) is 0.161. The van der Waals surface area contributed by atoms with Gasteiger partial charge < -0.3 is 5.41 Å². The minimum Gasteiger partial charge on any atom is -0.304 e. The zero-order chi connectivity index (χ0) is 23.6. The molecule has 0 radical (unpaired) electrons. The molecule has 4 aromatic carbocycles. The summed E-state index contributed by atoms with van der Waals surface area (Å²) in [7, 11) is 0. The highest BCUT2D eigenvalue weighted by Crippen LogP contribution is 2.20. The molecule has 0 unspecified atom stereocenters. The van der Waals surface area contributed by atoms with Gasteiger partial charge in [-0.25, -0.2) is 0 Å². The lowest BCUT2D eigenvalue weighted by Gasteiger charge is -2.31. The largest absolute Gasteiger partial charge is 0.304 e. The van der Waals surface area contributed by atoms with E-state index in [2.05, 4.69) is 41.3 Å². The van der Waals surface area contributed by atoms with Crippen LogP contribution in [0, 0.1) is 5.41 Å². The fourth-order valence-electron chi connectivity index (χ4n) is 4.23. The van der Waals surface area contributed by atoms with Crippen LogP contribution >= 0.6 is 0 Å². The van der Waals surface area contributed by atoms with Crippen molar-refractivity contribution in [3.63, 3.8) is 0 Å². The van der Waals surface area contributed by atoms with Gasteiger partial charge in [0, 0.05) is 18.8 Å². The molecular weight excluding hydrogens is 416 g/mol. The van der Waals surface area contributed by atoms with Crippen LogP contribution in [0.25, 0.3) is 0 Å². The number of Topliss-reactive ketones (excluding diaryl/α,β-unsaturated/α-hetero) is 1. The molecule has 0 aliphatic heterocycles. The fourth-order valence-corrected chi connectivity index (χ4v) is 4.23. The van der Waals surface area contributed by atoms with Gasteiger partial charge in [0.05, 0.1) is 12.5 Å². The van der Waals surface area contributed by atoms with Gasteiger partial charge in [-0.2, -0.15) is 0 Å². The highest BCUT2D eigenvalue weighted by molar-refractivity contribution is 6.10. The summed E-state index contributed by atoms with van der Waals surface area (Å²) in [4.78, 5) is 16.0. The van der Waals surface area contributed by atoms with Crippen molar-refractivity contribution in [1.82, 2.24) is 4.90 Å². The Morgan fingerprint density at radius 2 is 1.03 bits per heavy atom. The molecule has 0 saturated carbocycles. The van der Waals surface area contributed by atoms with Gasteiger partial charge in [0.15, 0.2) is 5.78 Å². The van der Waals surface area contributed by atoms with E-state index in [4.69, 9.17) is 5.41 Å². The van der Waals surface area contributed by atoms with E-state index in [1.54, 1.807) is 0 Å². The summed E-state index contributed by atoms with van der Waals surface area (Å²) in [5.41, 5.74) is 4.62. The molecule has 0 saturated heterocycles. The van der Waals surface area contributed by atoms with Crippen LogP contribution in [-0.2, 0) is 24.3 Å². The SMILES string of the molecule is N=C(CC(=O)[C@H](Cc1ccccc1)N(Cc1ccccc1)Cc1ccccc1)c1ccccc1. The van der Waals surface area contributed by atoms with E-state index in [1.165, 1.54) is 11.1 Å². The van der Waals surface area contributed by atoms with E-state index in [1.807, 2.05) is 84.9 Å². The van der Waals surface area contributed by atoms with Crippen LogP contribution in [0.5, 0.6) is 0 Å². The third kappa shape index (κ3) is 6.60. The number of rotatable bonds is 11. The van der Waals surface area contributed by atoms with Crippen LogP contribution in [-0.4, -0.2) is 22.4 Å². The maximum atomic E-state index is 13.8. The van der Waals surface area contributed by atoms with Crippen LogP contribution < -0.4 is 0 Å². The van der Waals surface area contributed by atoms with E-state index in [-0.39, 0.29) is 18.2 Å². The normalized spacial score (nSPS) is 11.8. The predicted molar refractivity (Wildman–Crippen MR) is 139 cm³/mol. The molecular formula is C31H30N2O. The third-order valence-electron chi connectivity index (χ3n) is 6.01. The first-order valence-corrected chi connectivity index (χ1v) is 11.7. The molecule has 0 aliphatic carbocycles. The number of nitrogens with zero attached hydrogens (tertiary/aromatic N) is 1. The second kappa shape index (κ2) is 11.9. The minimum absolute atomic E-state index is 0.0737. The van der Waals surface area contributed by atoms with E-state index in [0.717, 1.165) is 11.1 Å². The Morgan fingerprint density at radius 1 is 0.618 bits per heavy atom. The van der Waals surface area contributed by atoms with Crippen LogP contribution in [0.2, 0.25) is 0 Å². The number of ketones is 1. The first-order chi connectivity index (χ1) is 16.7. The number of nitrogens with one attached hydrogen (secondary N) is 1. The molecule has 0 fully saturated rings. The standard InChI is InChI=1S/C31H30N2O/c32-29(28-19-11-4-12-20-28)22-31(34)30(21-25-13-5-1-6-14-25)33(23-26-15-7-2-8-16-26)24-27-17-9-3-10-18-27/h1-20,30,32H,21-24H2/t30-/m0/s1. The molecule has 4 aromatic rings. The average molecular weight is 447 g/mol. The van der Waals surface area contributed by atoms with E-state index >= 15 is 0 Å². The zero-order valence-corrected chi connectivity index (χ0v) is 19.3. The monoisotopic (exact) mass is 446 g/mol. The van der Waals surface area contributed by atoms with Crippen molar-refractivity contribution in [2.24, 2.45) is 0 Å². The topological polar surface area (TPSA) is 44.2 Å². The van der Waals surface area contributed by atoms with Crippen LogP contribution in [0.3, 0.4) is 0 Å². The number of hydrogen-bond acceptors (Lipinski definition) is 3. The van der Waals surface area contributed by atoms with E-state index < -0.39 is 0 Å². The maximum absolute atomic E-state index is 13.8. The molecule has 170 valence electrons. The Morgan fingerprint density at radius 3 is 1.50 bits per heavy atom. The zero-order valence-electron chi connectivity index (χ0n) is 19.3. The summed E-state index contributed by atoms with van der Waals surface area (Å²) in [6, 6.07) is 40.0. The van der Waals surface area contributed by atoms with Crippen molar-refractivity contribution >= 4 is 11.5 Å². The average Bonchev–Trinajstić information content (AvgIpc) is 2.89. The Bertz CT molecular complexity index is 1130. The lowest BCUT2D eigenvalue weighted by atomic mass is 9.94. The van der Waals surface area contributed by atoms with Gasteiger partial charge in [0.25, 0.3) is 0 Å². The van der Waals surface area contributed by atoms with Crippen molar-refractivity contribution in [3.05, 3.63) is 144 Å². The molecule has 0 aliphatic rings. The summed E-state index contributed by atoms with van der Waals surface area (Å²) in [6.07, 6.45) is 0.725. The molecule has 4 rings (SSSR count). The Balaban J connectivity index is 1.64. The summed E-state index contributed by atoms with van der Waals surface area (Å²) in [6.45, 7) is 1.33. The van der Waals surface area contributed by atoms with Gasteiger partial charge in [-0.15, -0.1) is 0 Å². The highest BCUT2D eigenvalue weighted by atomic mass is 16.1. The summed E-state index contributed by atoms with van der Waals surface area (Å²) < 4.78 is 0. The van der Waals surface area contributed by atoms with Crippen LogP contribution in [0.1, 0.15) is 28.7 Å². The molecule has 0 aromatic heterocycles. The third-order valence-corrected chi connectivity index (χ3v) is 6.01. The second-order valence-electron chi connectivity index (χ2n) is 8.57. The highest BCUT2D eigenvalue weighted by Gasteiger charge is 2.27. The molecule has 0 bridgehead atoms. The van der Waals surface area contributed by atoms with Gasteiger partial charge >= 0.3 is 0 Å². The molecule has 0 heterocycles. The lowest BCUT2D eigenvalue weighted by molar-refractivity contribution is -0.123. The first kappa shape index (κ1) is 23.3. The number of carbonyl (C=O) groups excluding carboxylic acids is 1. The summed E-state index contributed by atoms with van der Waals surface area (Å²) in [5.74, 6) is 0.0737. The molecule has 0 amide bonds. The van der Waals surface area contributed by atoms with E-state index in [9.17, 15) is 4.79 Å². The summed E-state index contributed by atoms with van der Waals surface area (Å²) in [5, 5.41) is 8.58. The Labute approximate surface area is 202 Å². The van der Waals surface area contributed by atoms with Crippen molar-refractivity contribution in [1.29, 1.82) is 5.41 Å². The maximum Gasteiger partial charge on any atom is 0.156 e. The van der Waals surface area contributed by atoms with Crippen molar-refractivity contribution in [3.8, 4) is 0 Å². The molecule has 1 atom stereocenters. The second-order valence-corrected chi connectivity index (χ2v) is 8.57. The van der Waals surface area contributed by atoms with E-state index in [0.29, 0.717) is 25.2 Å².